The molecule has 0 spiro atoms. The van der Waals surface area contributed by atoms with Gasteiger partial charge >= 0.3 is 0 Å². The van der Waals surface area contributed by atoms with E-state index in [1.165, 1.54) is 11.1 Å². The van der Waals surface area contributed by atoms with E-state index < -0.39 is 0 Å². The molecular weight excluding hydrogens is 548 g/mol. The van der Waals surface area contributed by atoms with Crippen LogP contribution in [0.1, 0.15) is 84.5 Å². The fourth-order valence-corrected chi connectivity index (χ4v) is 6.09. The van der Waals surface area contributed by atoms with E-state index in [-0.39, 0.29) is 22.4 Å². The summed E-state index contributed by atoms with van der Waals surface area (Å²) < 4.78 is 0. The smallest absolute Gasteiger partial charge is 0.195 e. The van der Waals surface area contributed by atoms with E-state index >= 15 is 0 Å². The molecule has 1 aliphatic rings. The number of carbonyl (C=O) groups excluding carboxylic acids is 2. The van der Waals surface area contributed by atoms with Crippen molar-refractivity contribution < 1.29 is 9.59 Å². The van der Waals surface area contributed by atoms with Crippen LogP contribution < -0.4 is 0 Å². The molecule has 0 N–H and O–H groups in total. The number of ketones is 2. The number of carbonyl (C=O) groups is 2. The van der Waals surface area contributed by atoms with Gasteiger partial charge in [-0.1, -0.05) is 138 Å². The minimum absolute atomic E-state index is 0.0137. The van der Waals surface area contributed by atoms with Gasteiger partial charge in [0.1, 0.15) is 0 Å². The zero-order chi connectivity index (χ0) is 30.7. The number of hydrogen-bond acceptors (Lipinski definition) is 2. The highest BCUT2D eigenvalue weighted by Crippen LogP contribution is 2.46. The van der Waals surface area contributed by atoms with E-state index in [2.05, 4.69) is 96.1 Å². The summed E-state index contributed by atoms with van der Waals surface area (Å²) in [6.07, 6.45) is 0. The van der Waals surface area contributed by atoms with Gasteiger partial charge in [-0.15, -0.1) is 0 Å². The van der Waals surface area contributed by atoms with Gasteiger partial charge in [0.25, 0.3) is 0 Å². The lowest BCUT2D eigenvalue weighted by Crippen LogP contribution is -2.23. The maximum absolute atomic E-state index is 14.5. The predicted molar refractivity (Wildman–Crippen MR) is 178 cm³/mol. The summed E-state index contributed by atoms with van der Waals surface area (Å²) in [5.74, 6) is -0.265. The number of fused-ring (bicyclic) bond motifs is 2. The molecule has 0 aliphatic heterocycles. The average molecular weight is 583 g/mol. The lowest BCUT2D eigenvalue weighted by Gasteiger charge is -2.27. The van der Waals surface area contributed by atoms with Crippen LogP contribution in [0.4, 0.5) is 0 Å². The van der Waals surface area contributed by atoms with Crippen molar-refractivity contribution in [2.45, 2.75) is 52.4 Å². The van der Waals surface area contributed by atoms with Crippen LogP contribution in [0.5, 0.6) is 0 Å². The maximum Gasteiger partial charge on any atom is 0.195 e. The Kier molecular flexibility index (Phi) is 7.02. The van der Waals surface area contributed by atoms with Crippen LogP contribution in [0.3, 0.4) is 0 Å². The van der Waals surface area contributed by atoms with Crippen molar-refractivity contribution in [1.82, 2.24) is 0 Å². The van der Waals surface area contributed by atoms with Crippen molar-refractivity contribution in [3.63, 3.8) is 0 Å². The minimum Gasteiger partial charge on any atom is -0.289 e. The molecule has 6 rings (SSSR count). The van der Waals surface area contributed by atoms with Gasteiger partial charge < -0.3 is 0 Å². The second-order valence-corrected chi connectivity index (χ2v) is 13.9. The lowest BCUT2D eigenvalue weighted by atomic mass is 9.74. The maximum atomic E-state index is 14.5. The lowest BCUT2D eigenvalue weighted by molar-refractivity contribution is 0.0980. The van der Waals surface area contributed by atoms with Crippen molar-refractivity contribution in [2.75, 3.05) is 0 Å². The normalized spacial score (nSPS) is 13.1. The number of rotatable bonds is 3. The van der Waals surface area contributed by atoms with E-state index in [0.717, 1.165) is 33.4 Å². The first-order valence-corrected chi connectivity index (χ1v) is 15.1. The van der Waals surface area contributed by atoms with Crippen LogP contribution in [-0.4, -0.2) is 11.6 Å². The third-order valence-corrected chi connectivity index (χ3v) is 8.71. The van der Waals surface area contributed by atoms with Crippen LogP contribution in [0.25, 0.3) is 33.4 Å². The van der Waals surface area contributed by atoms with Gasteiger partial charge in [0.15, 0.2) is 11.6 Å². The molecule has 0 heterocycles. The number of halogens is 1. The molecular formula is C40H35ClO2. The van der Waals surface area contributed by atoms with Crippen LogP contribution in [0.2, 0.25) is 5.02 Å². The first kappa shape index (κ1) is 28.8. The van der Waals surface area contributed by atoms with Crippen molar-refractivity contribution in [3.05, 3.63) is 142 Å². The fourth-order valence-electron chi connectivity index (χ4n) is 5.97. The quantitative estimate of drug-likeness (QED) is 0.208. The first-order chi connectivity index (χ1) is 20.3. The Bertz CT molecular complexity index is 1880. The summed E-state index contributed by atoms with van der Waals surface area (Å²) >= 11 is 6.31. The molecule has 0 radical (unpaired) electrons. The van der Waals surface area contributed by atoms with Gasteiger partial charge in [-0.25, -0.2) is 0 Å². The molecule has 0 aromatic heterocycles. The van der Waals surface area contributed by atoms with Crippen molar-refractivity contribution in [1.29, 1.82) is 0 Å². The minimum atomic E-state index is -0.136. The van der Waals surface area contributed by atoms with Gasteiger partial charge in [0.05, 0.1) is 0 Å². The highest BCUT2D eigenvalue weighted by Gasteiger charge is 2.36. The van der Waals surface area contributed by atoms with Gasteiger partial charge in [-0.05, 0) is 68.0 Å². The Balaban J connectivity index is 1.72. The summed E-state index contributed by atoms with van der Waals surface area (Å²) in [6.45, 7) is 13.1. The van der Waals surface area contributed by atoms with Gasteiger partial charge in [0, 0.05) is 32.8 Å². The molecule has 214 valence electrons. The molecule has 0 fully saturated rings. The van der Waals surface area contributed by atoms with Crippen molar-refractivity contribution >= 4 is 23.2 Å². The van der Waals surface area contributed by atoms with E-state index in [1.54, 1.807) is 12.1 Å². The van der Waals surface area contributed by atoms with E-state index in [1.807, 2.05) is 36.4 Å². The summed E-state index contributed by atoms with van der Waals surface area (Å²) in [5.41, 5.74) is 9.27. The van der Waals surface area contributed by atoms with Crippen molar-refractivity contribution in [3.8, 4) is 33.4 Å². The van der Waals surface area contributed by atoms with E-state index in [4.69, 9.17) is 11.6 Å². The van der Waals surface area contributed by atoms with Crippen molar-refractivity contribution in [2.24, 2.45) is 0 Å². The molecule has 5 aromatic rings. The highest BCUT2D eigenvalue weighted by atomic mass is 35.5. The summed E-state index contributed by atoms with van der Waals surface area (Å²) in [4.78, 5) is 28.9. The molecule has 5 aromatic carbocycles. The topological polar surface area (TPSA) is 34.1 Å². The van der Waals surface area contributed by atoms with E-state index in [0.29, 0.717) is 27.3 Å². The molecule has 43 heavy (non-hydrogen) atoms. The Hall–Kier alpha value is -4.27. The molecule has 0 unspecified atom stereocenters. The van der Waals surface area contributed by atoms with Gasteiger partial charge in [-0.3, -0.25) is 9.59 Å². The molecule has 0 atom stereocenters. The fraction of sp³-hybridized carbons (Fsp3) is 0.200. The zero-order valence-electron chi connectivity index (χ0n) is 25.5. The van der Waals surface area contributed by atoms with Gasteiger partial charge in [-0.2, -0.15) is 0 Å². The van der Waals surface area contributed by atoms with Crippen LogP contribution in [-0.2, 0) is 10.8 Å². The second kappa shape index (κ2) is 10.5. The van der Waals surface area contributed by atoms with Gasteiger partial charge in [0.2, 0.25) is 0 Å². The number of benzene rings is 5. The number of hydrogen-bond donors (Lipinski definition) is 0. The SMILES string of the molecule is CC(C)(C)c1ccc(-c2cc(-c3ccc(Cl)cc3)c(-c3ccc(C(C)(C)C)cc3)c3c2C(=O)c2ccccc2C3=O)cc1. The first-order valence-electron chi connectivity index (χ1n) is 14.7. The second-order valence-electron chi connectivity index (χ2n) is 13.5. The third-order valence-electron chi connectivity index (χ3n) is 8.45. The molecule has 0 bridgehead atoms. The molecule has 0 saturated carbocycles. The zero-order valence-corrected chi connectivity index (χ0v) is 26.3. The molecule has 3 heteroatoms. The molecule has 2 nitrogen and oxygen atoms in total. The monoisotopic (exact) mass is 582 g/mol. The highest BCUT2D eigenvalue weighted by molar-refractivity contribution is 6.33. The Labute approximate surface area is 259 Å². The Morgan fingerprint density at radius 3 is 1.30 bits per heavy atom. The van der Waals surface area contributed by atoms with Crippen LogP contribution in [0.15, 0.2) is 103 Å². The molecule has 0 saturated heterocycles. The van der Waals surface area contributed by atoms with E-state index in [9.17, 15) is 9.59 Å². The standard InChI is InChI=1S/C40H35ClO2/c1-39(2,3)27-17-11-24(12-18-27)33-23-32(25-15-21-29(41)22-16-25)34(26-13-19-28(20-14-26)40(4,5)6)36-35(33)37(42)30-9-7-8-10-31(30)38(36)43/h7-23H,1-6H3. The largest absolute Gasteiger partial charge is 0.289 e. The molecule has 0 amide bonds. The predicted octanol–water partition coefficient (Wildman–Crippen LogP) is 10.7. The average Bonchev–Trinajstić information content (AvgIpc) is 2.98. The van der Waals surface area contributed by atoms with Crippen LogP contribution in [0, 0.1) is 0 Å². The molecule has 1 aliphatic carbocycles. The van der Waals surface area contributed by atoms with Crippen LogP contribution >= 0.6 is 11.6 Å². The Morgan fingerprint density at radius 2 is 0.837 bits per heavy atom. The summed E-state index contributed by atoms with van der Waals surface area (Å²) in [7, 11) is 0. The Morgan fingerprint density at radius 1 is 0.442 bits per heavy atom. The summed E-state index contributed by atoms with van der Waals surface area (Å²) in [6, 6.07) is 33.7. The third kappa shape index (κ3) is 5.15. The summed E-state index contributed by atoms with van der Waals surface area (Å²) in [5, 5.41) is 0.635.